The van der Waals surface area contributed by atoms with Gasteiger partial charge < -0.3 is 14.4 Å². The molecule has 0 saturated carbocycles. The fourth-order valence-corrected chi connectivity index (χ4v) is 4.98. The Morgan fingerprint density at radius 1 is 1.21 bits per heavy atom. The zero-order chi connectivity index (χ0) is 23.9. The van der Waals surface area contributed by atoms with Gasteiger partial charge in [-0.05, 0) is 49.6 Å². The highest BCUT2D eigenvalue weighted by Crippen LogP contribution is 2.35. The monoisotopic (exact) mass is 478 g/mol. The first-order valence-corrected chi connectivity index (χ1v) is 12.4. The number of carbonyl (C=O) groups is 1. The summed E-state index contributed by atoms with van der Waals surface area (Å²) in [5.74, 6) is 1.71. The highest BCUT2D eigenvalue weighted by atomic mass is 32.2. The van der Waals surface area contributed by atoms with Crippen molar-refractivity contribution in [3.05, 3.63) is 65.7 Å². The summed E-state index contributed by atoms with van der Waals surface area (Å²) in [6.07, 6.45) is 5.50. The Labute approximate surface area is 204 Å². The summed E-state index contributed by atoms with van der Waals surface area (Å²) in [7, 11) is 3.35. The van der Waals surface area contributed by atoms with Gasteiger partial charge >= 0.3 is 0 Å². The van der Waals surface area contributed by atoms with Gasteiger partial charge in [-0.2, -0.15) is 0 Å². The Kier molecular flexibility index (Phi) is 8.13. The van der Waals surface area contributed by atoms with Crippen LogP contribution in [-0.4, -0.2) is 65.4 Å². The Bertz CT molecular complexity index is 1140. The maximum Gasteiger partial charge on any atom is 0.255 e. The molecule has 34 heavy (non-hydrogen) atoms. The molecule has 0 aliphatic carbocycles. The molecule has 0 radical (unpaired) electrons. The summed E-state index contributed by atoms with van der Waals surface area (Å²) in [5, 5.41) is 0.727. The van der Waals surface area contributed by atoms with Crippen LogP contribution in [0.4, 0.5) is 0 Å². The largest absolute Gasteiger partial charge is 0.497 e. The molecule has 178 valence electrons. The van der Waals surface area contributed by atoms with Gasteiger partial charge in [0.05, 0.1) is 25.0 Å². The zero-order valence-corrected chi connectivity index (χ0v) is 20.7. The Hall–Kier alpha value is -2.97. The van der Waals surface area contributed by atoms with Gasteiger partial charge in [-0.1, -0.05) is 23.9 Å². The number of nitrogens with zero attached hydrogens (tertiary/aromatic N) is 4. The molecule has 1 aromatic carbocycles. The number of thioether (sulfide) groups is 1. The van der Waals surface area contributed by atoms with Gasteiger partial charge in [-0.25, -0.2) is 9.97 Å². The molecule has 7 nitrogen and oxygen atoms in total. The second kappa shape index (κ2) is 11.4. The first-order valence-electron chi connectivity index (χ1n) is 11.4. The minimum Gasteiger partial charge on any atom is -0.497 e. The summed E-state index contributed by atoms with van der Waals surface area (Å²) in [4.78, 5) is 29.1. The summed E-state index contributed by atoms with van der Waals surface area (Å²) < 4.78 is 10.6. The number of hydrogen-bond acceptors (Lipinski definition) is 7. The number of aryl methyl sites for hydroxylation is 1. The van der Waals surface area contributed by atoms with Crippen LogP contribution in [0.15, 0.2) is 53.9 Å². The van der Waals surface area contributed by atoms with E-state index in [0.717, 1.165) is 58.6 Å². The molecule has 0 spiro atoms. The van der Waals surface area contributed by atoms with Crippen molar-refractivity contribution in [2.45, 2.75) is 30.8 Å². The number of piperidine rings is 1. The van der Waals surface area contributed by atoms with Crippen LogP contribution >= 0.6 is 11.8 Å². The van der Waals surface area contributed by atoms with E-state index in [2.05, 4.69) is 9.97 Å². The lowest BCUT2D eigenvalue weighted by Crippen LogP contribution is -2.39. The van der Waals surface area contributed by atoms with Crippen LogP contribution in [-0.2, 0) is 4.74 Å². The molecule has 1 fully saturated rings. The minimum atomic E-state index is 0.0296. The van der Waals surface area contributed by atoms with E-state index in [-0.39, 0.29) is 11.8 Å². The Morgan fingerprint density at radius 2 is 2.09 bits per heavy atom. The molecule has 1 aliphatic heterocycles. The van der Waals surface area contributed by atoms with E-state index in [1.807, 2.05) is 54.4 Å². The molecule has 8 heteroatoms. The molecule has 0 unspecified atom stereocenters. The molecule has 0 bridgehead atoms. The number of ether oxygens (including phenoxy) is 2. The highest BCUT2D eigenvalue weighted by molar-refractivity contribution is 7.99. The van der Waals surface area contributed by atoms with Crippen LogP contribution in [0.1, 0.15) is 40.5 Å². The van der Waals surface area contributed by atoms with Crippen molar-refractivity contribution in [1.82, 2.24) is 19.9 Å². The average Bonchev–Trinajstić information content (AvgIpc) is 2.89. The summed E-state index contributed by atoms with van der Waals surface area (Å²) in [6.45, 7) is 3.86. The SMILES string of the molecule is COCCSc1ncc(-c2cccc(OC)c2)c([C@H]2CCCN(C(=O)c3cccnc3C)C2)n1. The minimum absolute atomic E-state index is 0.0296. The van der Waals surface area contributed by atoms with Crippen LogP contribution in [0.5, 0.6) is 5.75 Å². The lowest BCUT2D eigenvalue weighted by molar-refractivity contribution is 0.0704. The first-order chi connectivity index (χ1) is 16.6. The van der Waals surface area contributed by atoms with E-state index in [9.17, 15) is 4.79 Å². The molecule has 0 N–H and O–H groups in total. The van der Waals surface area contributed by atoms with E-state index in [0.29, 0.717) is 18.7 Å². The molecule has 1 saturated heterocycles. The van der Waals surface area contributed by atoms with Crippen molar-refractivity contribution in [3.63, 3.8) is 0 Å². The van der Waals surface area contributed by atoms with Crippen LogP contribution in [0, 0.1) is 6.92 Å². The van der Waals surface area contributed by atoms with E-state index < -0.39 is 0 Å². The summed E-state index contributed by atoms with van der Waals surface area (Å²) >= 11 is 1.58. The van der Waals surface area contributed by atoms with Gasteiger partial charge in [-0.15, -0.1) is 0 Å². The van der Waals surface area contributed by atoms with Gasteiger partial charge in [0, 0.05) is 55.5 Å². The molecule has 3 heterocycles. The third-order valence-corrected chi connectivity index (χ3v) is 6.85. The number of carbonyl (C=O) groups excluding carboxylic acids is 1. The molecular formula is C26H30N4O3S. The van der Waals surface area contributed by atoms with Gasteiger partial charge in [0.25, 0.3) is 5.91 Å². The van der Waals surface area contributed by atoms with Crippen LogP contribution in [0.3, 0.4) is 0 Å². The van der Waals surface area contributed by atoms with Gasteiger partial charge in [-0.3, -0.25) is 9.78 Å². The van der Waals surface area contributed by atoms with Crippen molar-refractivity contribution in [2.24, 2.45) is 0 Å². The quantitative estimate of drug-likeness (QED) is 0.266. The van der Waals surface area contributed by atoms with E-state index >= 15 is 0 Å². The maximum absolute atomic E-state index is 13.3. The van der Waals surface area contributed by atoms with Crippen molar-refractivity contribution in [2.75, 3.05) is 39.7 Å². The molecule has 1 aliphatic rings. The average molecular weight is 479 g/mol. The maximum atomic E-state index is 13.3. The third-order valence-electron chi connectivity index (χ3n) is 6.03. The second-order valence-corrected chi connectivity index (χ2v) is 9.31. The Morgan fingerprint density at radius 3 is 2.88 bits per heavy atom. The standard InChI is InChI=1S/C26H30N4O3S/c1-18-22(10-5-11-27-18)25(31)30-12-6-8-20(17-30)24-23(19-7-4-9-21(15-19)33-3)16-28-26(29-24)34-14-13-32-2/h4-5,7,9-11,15-16,20H,6,8,12-14,17H2,1-3H3/t20-/m0/s1. The zero-order valence-electron chi connectivity index (χ0n) is 19.9. The normalized spacial score (nSPS) is 15.9. The lowest BCUT2D eigenvalue weighted by atomic mass is 9.89. The number of methoxy groups -OCH3 is 2. The predicted molar refractivity (Wildman–Crippen MR) is 133 cm³/mol. The summed E-state index contributed by atoms with van der Waals surface area (Å²) in [5.41, 5.74) is 4.38. The molecule has 1 amide bonds. The fourth-order valence-electron chi connectivity index (χ4n) is 4.25. The highest BCUT2D eigenvalue weighted by Gasteiger charge is 2.29. The van der Waals surface area contributed by atoms with Crippen LogP contribution in [0.25, 0.3) is 11.1 Å². The lowest BCUT2D eigenvalue weighted by Gasteiger charge is -2.33. The van der Waals surface area contributed by atoms with Crippen molar-refractivity contribution < 1.29 is 14.3 Å². The van der Waals surface area contributed by atoms with Crippen molar-refractivity contribution in [3.8, 4) is 16.9 Å². The molecule has 2 aromatic heterocycles. The van der Waals surface area contributed by atoms with Gasteiger partial charge in [0.15, 0.2) is 5.16 Å². The number of pyridine rings is 1. The van der Waals surface area contributed by atoms with Crippen LogP contribution < -0.4 is 4.74 Å². The predicted octanol–water partition coefficient (Wildman–Crippen LogP) is 4.61. The smallest absolute Gasteiger partial charge is 0.255 e. The number of amides is 1. The number of rotatable bonds is 8. The van der Waals surface area contributed by atoms with Gasteiger partial charge in [0.1, 0.15) is 5.75 Å². The summed E-state index contributed by atoms with van der Waals surface area (Å²) in [6, 6.07) is 11.6. The van der Waals surface area contributed by atoms with Gasteiger partial charge in [0.2, 0.25) is 0 Å². The molecular weight excluding hydrogens is 448 g/mol. The fraction of sp³-hybridized carbons (Fsp3) is 0.385. The van der Waals surface area contributed by atoms with E-state index in [1.165, 1.54) is 0 Å². The topological polar surface area (TPSA) is 77.4 Å². The molecule has 1 atom stereocenters. The third kappa shape index (κ3) is 5.56. The number of hydrogen-bond donors (Lipinski definition) is 0. The Balaban J connectivity index is 1.66. The first kappa shape index (κ1) is 24.2. The van der Waals surface area contributed by atoms with E-state index in [4.69, 9.17) is 14.5 Å². The second-order valence-electron chi connectivity index (χ2n) is 8.25. The van der Waals surface area contributed by atoms with Crippen LogP contribution in [0.2, 0.25) is 0 Å². The number of benzene rings is 1. The molecule has 3 aromatic rings. The number of aromatic nitrogens is 3. The van der Waals surface area contributed by atoms with Crippen molar-refractivity contribution in [1.29, 1.82) is 0 Å². The molecule has 4 rings (SSSR count). The van der Waals surface area contributed by atoms with E-state index in [1.54, 1.807) is 32.2 Å². The number of likely N-dealkylation sites (tertiary alicyclic amines) is 1. The van der Waals surface area contributed by atoms with Crippen molar-refractivity contribution >= 4 is 17.7 Å².